The summed E-state index contributed by atoms with van der Waals surface area (Å²) in [6.07, 6.45) is 11.1. The molecule has 7 nitrogen and oxygen atoms in total. The zero-order chi connectivity index (χ0) is 18.6. The van der Waals surface area contributed by atoms with Crippen molar-refractivity contribution in [2.45, 2.75) is 25.3 Å². The van der Waals surface area contributed by atoms with Crippen LogP contribution < -0.4 is 4.90 Å². The molecule has 1 fully saturated rings. The molecule has 138 valence electrons. The van der Waals surface area contributed by atoms with Crippen LogP contribution in [0.15, 0.2) is 55.2 Å². The van der Waals surface area contributed by atoms with Crippen LogP contribution in [0.3, 0.4) is 0 Å². The number of carbonyl (C=O) groups is 1. The molecule has 3 aromatic heterocycles. The van der Waals surface area contributed by atoms with E-state index < -0.39 is 5.97 Å². The molecular weight excluding hydrogens is 342 g/mol. The van der Waals surface area contributed by atoms with Crippen molar-refractivity contribution < 1.29 is 9.90 Å². The first-order valence-electron chi connectivity index (χ1n) is 9.05. The molecule has 1 unspecified atom stereocenters. The number of aromatic carboxylic acids is 1. The Bertz CT molecular complexity index is 908. The molecule has 0 aliphatic carbocycles. The summed E-state index contributed by atoms with van der Waals surface area (Å²) < 4.78 is 2.19. The first-order chi connectivity index (χ1) is 13.2. The number of anilines is 1. The molecule has 0 radical (unpaired) electrons. The van der Waals surface area contributed by atoms with Gasteiger partial charge in [0.2, 0.25) is 0 Å². The number of rotatable bonds is 5. The number of carboxylic acid groups (broad SMARTS) is 1. The van der Waals surface area contributed by atoms with E-state index in [1.807, 2.05) is 24.7 Å². The third-order valence-electron chi connectivity index (χ3n) is 4.93. The van der Waals surface area contributed by atoms with E-state index >= 15 is 0 Å². The van der Waals surface area contributed by atoms with Crippen molar-refractivity contribution in [3.8, 4) is 0 Å². The van der Waals surface area contributed by atoms with Gasteiger partial charge in [-0.2, -0.15) is 0 Å². The van der Waals surface area contributed by atoms with Crippen LogP contribution in [0.1, 0.15) is 40.5 Å². The predicted molar refractivity (Wildman–Crippen MR) is 101 cm³/mol. The third-order valence-corrected chi connectivity index (χ3v) is 4.93. The molecule has 7 heteroatoms. The van der Waals surface area contributed by atoms with Gasteiger partial charge >= 0.3 is 5.97 Å². The standard InChI is InChI=1S/C20H21N5O2/c26-20(27)16-5-6-18(23-12-16)24-9-2-4-17(14-24)19-22-8-10-25(19)13-15-3-1-7-21-11-15/h1,3,5-8,10-12,17H,2,4,9,13-14H2,(H,26,27). The van der Waals surface area contributed by atoms with Crippen LogP contribution in [-0.2, 0) is 6.54 Å². The lowest BCUT2D eigenvalue weighted by Gasteiger charge is -2.33. The molecule has 0 bridgehead atoms. The van der Waals surface area contributed by atoms with Crippen molar-refractivity contribution in [2.24, 2.45) is 0 Å². The van der Waals surface area contributed by atoms with Crippen LogP contribution in [0.5, 0.6) is 0 Å². The van der Waals surface area contributed by atoms with Crippen LogP contribution in [0, 0.1) is 0 Å². The second kappa shape index (κ2) is 7.57. The van der Waals surface area contributed by atoms with Gasteiger partial charge in [0.1, 0.15) is 11.6 Å². The largest absolute Gasteiger partial charge is 0.478 e. The smallest absolute Gasteiger partial charge is 0.337 e. The highest BCUT2D eigenvalue weighted by Crippen LogP contribution is 2.28. The fraction of sp³-hybridized carbons (Fsp3) is 0.300. The lowest BCUT2D eigenvalue weighted by Crippen LogP contribution is -2.36. The zero-order valence-electron chi connectivity index (χ0n) is 14.9. The zero-order valence-corrected chi connectivity index (χ0v) is 14.9. The van der Waals surface area contributed by atoms with E-state index in [9.17, 15) is 4.79 Å². The molecule has 0 amide bonds. The lowest BCUT2D eigenvalue weighted by molar-refractivity contribution is 0.0696. The maximum absolute atomic E-state index is 11.0. The normalized spacial score (nSPS) is 17.0. The summed E-state index contributed by atoms with van der Waals surface area (Å²) in [5.41, 5.74) is 1.36. The SMILES string of the molecule is O=C(O)c1ccc(N2CCCC(c3nccn3Cc3cccnc3)C2)nc1. The predicted octanol–water partition coefficient (Wildman–Crippen LogP) is 2.80. The number of piperidine rings is 1. The molecule has 3 aromatic rings. The van der Waals surface area contributed by atoms with E-state index in [-0.39, 0.29) is 5.56 Å². The Hall–Kier alpha value is -3.22. The van der Waals surface area contributed by atoms with Crippen LogP contribution in [-0.4, -0.2) is 43.7 Å². The van der Waals surface area contributed by atoms with Crippen LogP contribution in [0.2, 0.25) is 0 Å². The molecule has 1 atom stereocenters. The van der Waals surface area contributed by atoms with Gasteiger partial charge in [0.15, 0.2) is 0 Å². The van der Waals surface area contributed by atoms with Crippen LogP contribution in [0.25, 0.3) is 0 Å². The number of carboxylic acids is 1. The van der Waals surface area contributed by atoms with E-state index in [1.54, 1.807) is 18.3 Å². The average Bonchev–Trinajstić information content (AvgIpc) is 3.17. The average molecular weight is 363 g/mol. The van der Waals surface area contributed by atoms with Crippen molar-refractivity contribution in [3.63, 3.8) is 0 Å². The Morgan fingerprint density at radius 1 is 1.19 bits per heavy atom. The number of hydrogen-bond donors (Lipinski definition) is 1. The van der Waals surface area contributed by atoms with Gasteiger partial charge in [-0.15, -0.1) is 0 Å². The molecule has 1 aliphatic rings. The Balaban J connectivity index is 1.50. The maximum atomic E-state index is 11.0. The molecule has 1 N–H and O–H groups in total. The van der Waals surface area contributed by atoms with Crippen LogP contribution >= 0.6 is 0 Å². The van der Waals surface area contributed by atoms with Crippen molar-refractivity contribution in [1.29, 1.82) is 0 Å². The summed E-state index contributed by atoms with van der Waals surface area (Å²) in [7, 11) is 0. The molecule has 1 aliphatic heterocycles. The quantitative estimate of drug-likeness (QED) is 0.750. The minimum atomic E-state index is -0.956. The van der Waals surface area contributed by atoms with E-state index in [0.29, 0.717) is 5.92 Å². The summed E-state index contributed by atoms with van der Waals surface area (Å²) >= 11 is 0. The Morgan fingerprint density at radius 3 is 2.85 bits per heavy atom. The Morgan fingerprint density at radius 2 is 2.11 bits per heavy atom. The fourth-order valence-corrected chi connectivity index (χ4v) is 3.60. The molecule has 0 saturated carbocycles. The van der Waals surface area contributed by atoms with Gasteiger partial charge in [0.25, 0.3) is 0 Å². The van der Waals surface area contributed by atoms with Gasteiger partial charge in [-0.05, 0) is 36.6 Å². The van der Waals surface area contributed by atoms with E-state index in [1.165, 1.54) is 6.20 Å². The van der Waals surface area contributed by atoms with Gasteiger partial charge < -0.3 is 14.6 Å². The monoisotopic (exact) mass is 363 g/mol. The van der Waals surface area contributed by atoms with Crippen molar-refractivity contribution >= 4 is 11.8 Å². The van der Waals surface area contributed by atoms with Gasteiger partial charge in [-0.1, -0.05) is 6.07 Å². The van der Waals surface area contributed by atoms with Crippen molar-refractivity contribution in [2.75, 3.05) is 18.0 Å². The molecule has 4 heterocycles. The first-order valence-corrected chi connectivity index (χ1v) is 9.05. The summed E-state index contributed by atoms with van der Waals surface area (Å²) in [6.45, 7) is 2.49. The van der Waals surface area contributed by atoms with E-state index in [2.05, 4.69) is 30.5 Å². The highest BCUT2D eigenvalue weighted by molar-refractivity contribution is 5.87. The van der Waals surface area contributed by atoms with Crippen LogP contribution in [0.4, 0.5) is 5.82 Å². The second-order valence-electron chi connectivity index (χ2n) is 6.77. The molecule has 27 heavy (non-hydrogen) atoms. The molecular formula is C20H21N5O2. The number of imidazole rings is 1. The summed E-state index contributed by atoms with van der Waals surface area (Å²) in [6, 6.07) is 7.41. The molecule has 0 spiro atoms. The molecule has 4 rings (SSSR count). The number of aromatic nitrogens is 4. The topological polar surface area (TPSA) is 84.1 Å². The number of pyridine rings is 2. The highest BCUT2D eigenvalue weighted by Gasteiger charge is 2.25. The van der Waals surface area contributed by atoms with E-state index in [0.717, 1.165) is 49.7 Å². The lowest BCUT2D eigenvalue weighted by atomic mass is 9.97. The molecule has 1 saturated heterocycles. The van der Waals surface area contributed by atoms with Gasteiger partial charge in [0, 0.05) is 50.0 Å². The fourth-order valence-electron chi connectivity index (χ4n) is 3.60. The van der Waals surface area contributed by atoms with Gasteiger partial charge in [0.05, 0.1) is 12.1 Å². The minimum absolute atomic E-state index is 0.208. The number of hydrogen-bond acceptors (Lipinski definition) is 5. The number of nitrogens with zero attached hydrogens (tertiary/aromatic N) is 5. The first kappa shape index (κ1) is 17.2. The second-order valence-corrected chi connectivity index (χ2v) is 6.77. The van der Waals surface area contributed by atoms with E-state index in [4.69, 9.17) is 5.11 Å². The minimum Gasteiger partial charge on any atom is -0.478 e. The summed E-state index contributed by atoms with van der Waals surface area (Å²) in [5, 5.41) is 9.04. The highest BCUT2D eigenvalue weighted by atomic mass is 16.4. The molecule has 0 aromatic carbocycles. The summed E-state index contributed by atoms with van der Waals surface area (Å²) in [4.78, 5) is 26.4. The maximum Gasteiger partial charge on any atom is 0.337 e. The van der Waals surface area contributed by atoms with Crippen molar-refractivity contribution in [1.82, 2.24) is 19.5 Å². The Labute approximate surface area is 157 Å². The van der Waals surface area contributed by atoms with Gasteiger partial charge in [-0.3, -0.25) is 4.98 Å². The van der Waals surface area contributed by atoms with Crippen molar-refractivity contribution in [3.05, 3.63) is 72.2 Å². The third kappa shape index (κ3) is 3.81. The van der Waals surface area contributed by atoms with Gasteiger partial charge in [-0.25, -0.2) is 14.8 Å². The summed E-state index contributed by atoms with van der Waals surface area (Å²) in [5.74, 6) is 1.25. The Kier molecular flexibility index (Phi) is 4.82.